The maximum Gasteiger partial charge on any atom is 0.242 e. The smallest absolute Gasteiger partial charge is 0.242 e. The predicted molar refractivity (Wildman–Crippen MR) is 93.5 cm³/mol. The highest BCUT2D eigenvalue weighted by molar-refractivity contribution is 7.89. The van der Waals surface area contributed by atoms with Gasteiger partial charge in [-0.05, 0) is 30.9 Å². The molecule has 7 nitrogen and oxygen atoms in total. The van der Waals surface area contributed by atoms with E-state index in [0.717, 1.165) is 0 Å². The molecule has 140 valence electrons. The van der Waals surface area contributed by atoms with Crippen LogP contribution in [-0.4, -0.2) is 44.4 Å². The summed E-state index contributed by atoms with van der Waals surface area (Å²) in [6.45, 7) is 4.11. The fourth-order valence-electron chi connectivity index (χ4n) is 2.59. The first kappa shape index (κ1) is 20.1. The Hall–Kier alpha value is -1.19. The van der Waals surface area contributed by atoms with Crippen molar-refractivity contribution in [1.29, 1.82) is 0 Å². The zero-order valence-corrected chi connectivity index (χ0v) is 15.7. The van der Waals surface area contributed by atoms with Gasteiger partial charge in [-0.3, -0.25) is 4.79 Å². The van der Waals surface area contributed by atoms with Crippen LogP contribution in [0.2, 0.25) is 5.02 Å². The molecular formula is C16H23ClN2O5S. The third-order valence-corrected chi connectivity index (χ3v) is 5.81. The Kier molecular flexibility index (Phi) is 6.81. The highest BCUT2D eigenvalue weighted by atomic mass is 35.5. The van der Waals surface area contributed by atoms with Crippen molar-refractivity contribution in [2.24, 2.45) is 5.92 Å². The average Bonchev–Trinajstić information content (AvgIpc) is 2.91. The number of hydrogen-bond acceptors (Lipinski definition) is 5. The highest BCUT2D eigenvalue weighted by Crippen LogP contribution is 2.21. The van der Waals surface area contributed by atoms with Crippen molar-refractivity contribution >= 4 is 27.5 Å². The Labute approximate surface area is 152 Å². The summed E-state index contributed by atoms with van der Waals surface area (Å²) in [5.74, 6) is -0.423. The summed E-state index contributed by atoms with van der Waals surface area (Å²) < 4.78 is 32.6. The summed E-state index contributed by atoms with van der Waals surface area (Å²) in [5.41, 5.74) is 0. The van der Waals surface area contributed by atoms with Crippen LogP contribution in [0.15, 0.2) is 29.2 Å². The van der Waals surface area contributed by atoms with Gasteiger partial charge in [0.2, 0.25) is 15.9 Å². The fraction of sp³-hybridized carbons (Fsp3) is 0.562. The number of sulfonamides is 1. The van der Waals surface area contributed by atoms with Gasteiger partial charge < -0.3 is 15.2 Å². The van der Waals surface area contributed by atoms with Crippen LogP contribution in [0, 0.1) is 5.92 Å². The fourth-order valence-corrected chi connectivity index (χ4v) is 4.32. The van der Waals surface area contributed by atoms with Crippen LogP contribution < -0.4 is 10.0 Å². The number of carbonyl (C=O) groups excluding carboxylic acids is 1. The summed E-state index contributed by atoms with van der Waals surface area (Å²) in [5, 5.41) is 12.4. The molecule has 1 fully saturated rings. The Morgan fingerprint density at radius 3 is 2.64 bits per heavy atom. The molecule has 2 rings (SSSR count). The number of aliphatic hydroxyl groups is 1. The van der Waals surface area contributed by atoms with Crippen LogP contribution in [0.1, 0.15) is 26.7 Å². The number of aliphatic hydroxyl groups excluding tert-OH is 1. The lowest BCUT2D eigenvalue weighted by Gasteiger charge is -2.23. The molecule has 3 atom stereocenters. The van der Waals surface area contributed by atoms with E-state index in [-0.39, 0.29) is 15.8 Å². The molecule has 9 heteroatoms. The second-order valence-corrected chi connectivity index (χ2v) is 8.49. The molecule has 3 N–H and O–H groups in total. The number of nitrogens with one attached hydrogen (secondary N) is 2. The quantitative estimate of drug-likeness (QED) is 0.650. The van der Waals surface area contributed by atoms with Gasteiger partial charge in [0.25, 0.3) is 0 Å². The minimum atomic E-state index is -3.96. The third kappa shape index (κ3) is 5.39. The van der Waals surface area contributed by atoms with E-state index in [9.17, 15) is 18.3 Å². The van der Waals surface area contributed by atoms with E-state index in [1.54, 1.807) is 12.1 Å². The Morgan fingerprint density at radius 1 is 1.40 bits per heavy atom. The minimum Gasteiger partial charge on any atom is -0.366 e. The lowest BCUT2D eigenvalue weighted by molar-refractivity contribution is -0.127. The van der Waals surface area contributed by atoms with Crippen LogP contribution in [0.4, 0.5) is 0 Å². The van der Waals surface area contributed by atoms with Gasteiger partial charge in [0, 0.05) is 0 Å². The Bertz CT molecular complexity index is 710. The van der Waals surface area contributed by atoms with Crippen molar-refractivity contribution in [1.82, 2.24) is 10.0 Å². The molecule has 25 heavy (non-hydrogen) atoms. The molecule has 1 aliphatic rings. The van der Waals surface area contributed by atoms with Crippen LogP contribution in [0.25, 0.3) is 0 Å². The van der Waals surface area contributed by atoms with Gasteiger partial charge in [-0.15, -0.1) is 0 Å². The summed E-state index contributed by atoms with van der Waals surface area (Å²) in [4.78, 5) is 12.5. The first-order valence-electron chi connectivity index (χ1n) is 8.07. The van der Waals surface area contributed by atoms with Gasteiger partial charge in [-0.2, -0.15) is 4.72 Å². The van der Waals surface area contributed by atoms with Crippen LogP contribution in [-0.2, 0) is 19.6 Å². The number of carbonyl (C=O) groups is 1. The zero-order chi connectivity index (χ0) is 18.6. The first-order chi connectivity index (χ1) is 11.7. The number of halogens is 1. The lowest BCUT2D eigenvalue weighted by atomic mass is 10.0. The van der Waals surface area contributed by atoms with Gasteiger partial charge in [0.15, 0.2) is 6.29 Å². The number of rotatable bonds is 7. The predicted octanol–water partition coefficient (Wildman–Crippen LogP) is 1.26. The molecule has 0 aromatic heterocycles. The molecule has 0 aliphatic carbocycles. The summed E-state index contributed by atoms with van der Waals surface area (Å²) in [6, 6.07) is 4.51. The third-order valence-electron chi connectivity index (χ3n) is 3.84. The molecule has 1 heterocycles. The second-order valence-electron chi connectivity index (χ2n) is 6.40. The van der Waals surface area contributed by atoms with E-state index in [1.165, 1.54) is 12.1 Å². The van der Waals surface area contributed by atoms with Crippen molar-refractivity contribution < 1.29 is 23.1 Å². The van der Waals surface area contributed by atoms with Gasteiger partial charge in [0.1, 0.15) is 10.9 Å². The maximum absolute atomic E-state index is 12.6. The van der Waals surface area contributed by atoms with Crippen LogP contribution >= 0.6 is 11.6 Å². The van der Waals surface area contributed by atoms with E-state index < -0.39 is 34.3 Å². The molecule has 2 unspecified atom stereocenters. The summed E-state index contributed by atoms with van der Waals surface area (Å²) >= 11 is 5.96. The van der Waals surface area contributed by atoms with Crippen molar-refractivity contribution in [3.8, 4) is 0 Å². The molecule has 0 radical (unpaired) electrons. The monoisotopic (exact) mass is 390 g/mol. The molecular weight excluding hydrogens is 368 g/mol. The van der Waals surface area contributed by atoms with Gasteiger partial charge in [-0.25, -0.2) is 8.42 Å². The molecule has 0 bridgehead atoms. The van der Waals surface area contributed by atoms with Crippen molar-refractivity contribution in [3.63, 3.8) is 0 Å². The maximum atomic E-state index is 12.6. The number of hydrogen-bond donors (Lipinski definition) is 3. The molecule has 1 saturated heterocycles. The largest absolute Gasteiger partial charge is 0.366 e. The van der Waals surface area contributed by atoms with Crippen LogP contribution in [0.3, 0.4) is 0 Å². The second kappa shape index (κ2) is 8.46. The summed E-state index contributed by atoms with van der Waals surface area (Å²) in [7, 11) is -3.96. The molecule has 1 aromatic rings. The average molecular weight is 391 g/mol. The van der Waals surface area contributed by atoms with Crippen molar-refractivity contribution in [3.05, 3.63) is 29.3 Å². The van der Waals surface area contributed by atoms with Crippen LogP contribution in [0.5, 0.6) is 0 Å². The van der Waals surface area contributed by atoms with E-state index in [2.05, 4.69) is 10.0 Å². The van der Waals surface area contributed by atoms with E-state index >= 15 is 0 Å². The van der Waals surface area contributed by atoms with E-state index in [1.807, 2.05) is 13.8 Å². The highest BCUT2D eigenvalue weighted by Gasteiger charge is 2.32. The number of benzene rings is 1. The molecule has 1 amide bonds. The molecule has 0 saturated carbocycles. The number of ether oxygens (including phenoxy) is 1. The minimum absolute atomic E-state index is 0.0782. The Morgan fingerprint density at radius 2 is 2.08 bits per heavy atom. The molecule has 1 aliphatic heterocycles. The SMILES string of the molecule is CC(C)CC(NS(=O)(=O)c1ccccc1Cl)C(=O)N[C@H]1CCOC1O. The van der Waals surface area contributed by atoms with Gasteiger partial charge in [0.05, 0.1) is 17.7 Å². The standard InChI is InChI=1S/C16H23ClN2O5S/c1-10(2)9-13(15(20)18-12-7-8-24-16(12)21)19-25(22,23)14-6-4-3-5-11(14)17/h3-6,10,12-13,16,19,21H,7-9H2,1-2H3,(H,18,20)/t12-,13?,16?/m0/s1. The topological polar surface area (TPSA) is 105 Å². The zero-order valence-electron chi connectivity index (χ0n) is 14.1. The van der Waals surface area contributed by atoms with Gasteiger partial charge >= 0.3 is 0 Å². The van der Waals surface area contributed by atoms with E-state index in [0.29, 0.717) is 19.4 Å². The van der Waals surface area contributed by atoms with Crippen molar-refractivity contribution in [2.45, 2.75) is 50.0 Å². The van der Waals surface area contributed by atoms with Gasteiger partial charge in [-0.1, -0.05) is 37.6 Å². The van der Waals surface area contributed by atoms with E-state index in [4.69, 9.17) is 16.3 Å². The lowest BCUT2D eigenvalue weighted by Crippen LogP contribution is -2.51. The molecule has 0 spiro atoms. The summed E-state index contributed by atoms with van der Waals surface area (Å²) in [6.07, 6.45) is -0.304. The Balaban J connectivity index is 2.16. The molecule has 1 aromatic carbocycles. The van der Waals surface area contributed by atoms with Crippen molar-refractivity contribution in [2.75, 3.05) is 6.61 Å². The number of amides is 1. The normalized spacial score (nSPS) is 22.1. The first-order valence-corrected chi connectivity index (χ1v) is 9.93.